The van der Waals surface area contributed by atoms with Gasteiger partial charge in [-0.3, -0.25) is 10.1 Å². The number of nitrogens with two attached hydrogens (primary N) is 1. The lowest BCUT2D eigenvalue weighted by Gasteiger charge is -2.15. The van der Waals surface area contributed by atoms with Gasteiger partial charge in [-0.2, -0.15) is 13.2 Å². The minimum absolute atomic E-state index is 0.0348. The summed E-state index contributed by atoms with van der Waals surface area (Å²) in [6.07, 6.45) is -5.44. The number of halogens is 3. The van der Waals surface area contributed by atoms with Crippen LogP contribution in [0.25, 0.3) is 11.1 Å². The second-order valence-electron chi connectivity index (χ2n) is 7.55. The smallest absolute Gasteiger partial charge is 0.416 e. The van der Waals surface area contributed by atoms with Crippen molar-refractivity contribution in [2.75, 3.05) is 24.4 Å². The minimum Gasteiger partial charge on any atom is -0.495 e. The molecule has 0 atom stereocenters. The van der Waals surface area contributed by atoms with Gasteiger partial charge in [-0.05, 0) is 48.9 Å². The molecule has 9 nitrogen and oxygen atoms in total. The van der Waals surface area contributed by atoms with Crippen LogP contribution >= 0.6 is 0 Å². The number of hydrogen-bond donors (Lipinski definition) is 3. The number of primary sulfonamides is 1. The molecule has 196 valence electrons. The molecule has 0 spiro atoms. The van der Waals surface area contributed by atoms with E-state index in [2.05, 4.69) is 10.6 Å². The molecule has 3 aromatic rings. The highest BCUT2D eigenvalue weighted by Crippen LogP contribution is 2.35. The molecule has 0 fully saturated rings. The Bertz CT molecular complexity index is 1440. The largest absolute Gasteiger partial charge is 0.495 e. The van der Waals surface area contributed by atoms with Gasteiger partial charge < -0.3 is 14.8 Å². The van der Waals surface area contributed by atoms with E-state index < -0.39 is 33.8 Å². The lowest BCUT2D eigenvalue weighted by Crippen LogP contribution is -2.17. The molecule has 13 heteroatoms. The lowest BCUT2D eigenvalue weighted by molar-refractivity contribution is -0.137. The van der Waals surface area contributed by atoms with Crippen LogP contribution in [0.2, 0.25) is 0 Å². The Kier molecular flexibility index (Phi) is 8.09. The summed E-state index contributed by atoms with van der Waals surface area (Å²) in [4.78, 5) is 24.7. The predicted octanol–water partition coefficient (Wildman–Crippen LogP) is 4.85. The van der Waals surface area contributed by atoms with Gasteiger partial charge in [0.05, 0.1) is 25.0 Å². The van der Waals surface area contributed by atoms with Crippen LogP contribution in [-0.4, -0.2) is 34.1 Å². The molecule has 37 heavy (non-hydrogen) atoms. The molecule has 0 aliphatic rings. The standard InChI is InChI=1S/C24H22F3N3O6S/c1-3-36-23(32)30-19-12-15(7-9-18(19)14-5-4-6-16(11-14)24(25,26)27)22(31)29-17-8-10-21(37(28,33)34)20(13-17)35-2/h4-13H,3H2,1-2H3,(H,29,31)(H,30,32)(H2,28,33,34). The number of methoxy groups -OCH3 is 1. The van der Waals surface area contributed by atoms with Gasteiger partial charge in [0.25, 0.3) is 5.91 Å². The van der Waals surface area contributed by atoms with Crippen molar-refractivity contribution in [3.8, 4) is 16.9 Å². The average Bonchev–Trinajstić information content (AvgIpc) is 2.83. The zero-order valence-electron chi connectivity index (χ0n) is 19.5. The third kappa shape index (κ3) is 6.77. The van der Waals surface area contributed by atoms with Crippen LogP contribution in [0.15, 0.2) is 65.6 Å². The second-order valence-corrected chi connectivity index (χ2v) is 9.08. The van der Waals surface area contributed by atoms with Crippen molar-refractivity contribution in [3.05, 3.63) is 71.8 Å². The molecule has 0 saturated carbocycles. The van der Waals surface area contributed by atoms with Gasteiger partial charge in [0.1, 0.15) is 10.6 Å². The molecular weight excluding hydrogens is 515 g/mol. The number of anilines is 2. The number of carbonyl (C=O) groups excluding carboxylic acids is 2. The first-order valence-electron chi connectivity index (χ1n) is 10.6. The molecule has 4 N–H and O–H groups in total. The van der Waals surface area contributed by atoms with E-state index in [-0.39, 0.29) is 45.3 Å². The van der Waals surface area contributed by atoms with Crippen LogP contribution in [0.5, 0.6) is 5.75 Å². The van der Waals surface area contributed by atoms with E-state index in [1.54, 1.807) is 6.92 Å². The van der Waals surface area contributed by atoms with Crippen LogP contribution < -0.4 is 20.5 Å². The topological polar surface area (TPSA) is 137 Å². The summed E-state index contributed by atoms with van der Waals surface area (Å²) in [7, 11) is -2.84. The maximum absolute atomic E-state index is 13.2. The summed E-state index contributed by atoms with van der Waals surface area (Å²) < 4.78 is 72.9. The first kappa shape index (κ1) is 27.5. The second kappa shape index (κ2) is 10.9. The molecule has 0 aliphatic heterocycles. The molecule has 0 saturated heterocycles. The van der Waals surface area contributed by atoms with Gasteiger partial charge in [0.15, 0.2) is 0 Å². The Morgan fingerprint density at radius 3 is 2.35 bits per heavy atom. The Balaban J connectivity index is 1.99. The normalized spacial score (nSPS) is 11.5. The molecule has 0 heterocycles. The lowest BCUT2D eigenvalue weighted by atomic mass is 9.99. The number of alkyl halides is 3. The van der Waals surface area contributed by atoms with E-state index in [4.69, 9.17) is 14.6 Å². The third-order valence-corrected chi connectivity index (χ3v) is 5.97. The van der Waals surface area contributed by atoms with Crippen molar-refractivity contribution >= 4 is 33.4 Å². The summed E-state index contributed by atoms with van der Waals surface area (Å²) in [5, 5.41) is 10.2. The summed E-state index contributed by atoms with van der Waals surface area (Å²) in [5.74, 6) is -0.752. The van der Waals surface area contributed by atoms with Gasteiger partial charge in [0, 0.05) is 22.9 Å². The Hall–Kier alpha value is -4.10. The molecule has 0 aromatic heterocycles. The fourth-order valence-corrected chi connectivity index (χ4v) is 4.04. The van der Waals surface area contributed by atoms with Crippen LogP contribution in [0.1, 0.15) is 22.8 Å². The van der Waals surface area contributed by atoms with Gasteiger partial charge in [-0.25, -0.2) is 18.4 Å². The number of sulfonamides is 1. The van der Waals surface area contributed by atoms with Crippen LogP contribution in [0.3, 0.4) is 0 Å². The van der Waals surface area contributed by atoms with Gasteiger partial charge in [-0.15, -0.1) is 0 Å². The van der Waals surface area contributed by atoms with E-state index in [0.717, 1.165) is 18.2 Å². The van der Waals surface area contributed by atoms with Crippen molar-refractivity contribution < 1.29 is 40.7 Å². The molecule has 3 aromatic carbocycles. The van der Waals surface area contributed by atoms with E-state index >= 15 is 0 Å². The molecule has 0 aliphatic carbocycles. The number of ether oxygens (including phenoxy) is 2. The van der Waals surface area contributed by atoms with Gasteiger partial charge in [0.2, 0.25) is 10.0 Å². The number of amides is 2. The third-order valence-electron chi connectivity index (χ3n) is 5.02. The molecule has 0 unspecified atom stereocenters. The highest BCUT2D eigenvalue weighted by atomic mass is 32.2. The quantitative estimate of drug-likeness (QED) is 0.394. The van der Waals surface area contributed by atoms with Crippen molar-refractivity contribution in [2.24, 2.45) is 5.14 Å². The zero-order valence-corrected chi connectivity index (χ0v) is 20.4. The van der Waals surface area contributed by atoms with Crippen molar-refractivity contribution in [1.29, 1.82) is 0 Å². The number of hydrogen-bond acceptors (Lipinski definition) is 6. The van der Waals surface area contributed by atoms with Gasteiger partial charge in [-0.1, -0.05) is 18.2 Å². The van der Waals surface area contributed by atoms with E-state index in [0.29, 0.717) is 0 Å². The van der Waals surface area contributed by atoms with Crippen molar-refractivity contribution in [3.63, 3.8) is 0 Å². The molecule has 0 bridgehead atoms. The molecule has 2 amide bonds. The minimum atomic E-state index is -4.58. The monoisotopic (exact) mass is 537 g/mol. The summed E-state index contributed by atoms with van der Waals surface area (Å²) in [6, 6.07) is 12.2. The van der Waals surface area contributed by atoms with Crippen LogP contribution in [-0.2, 0) is 20.9 Å². The summed E-state index contributed by atoms with van der Waals surface area (Å²) in [6.45, 7) is 1.62. The zero-order chi connectivity index (χ0) is 27.4. The fraction of sp³-hybridized carbons (Fsp3) is 0.167. The Labute approximate surface area is 210 Å². The first-order chi connectivity index (χ1) is 17.3. The highest BCUT2D eigenvalue weighted by Gasteiger charge is 2.30. The molecular formula is C24H22F3N3O6S. The average molecular weight is 538 g/mol. The number of rotatable bonds is 7. The van der Waals surface area contributed by atoms with E-state index in [9.17, 15) is 31.2 Å². The van der Waals surface area contributed by atoms with E-state index in [1.807, 2.05) is 0 Å². The van der Waals surface area contributed by atoms with E-state index in [1.165, 1.54) is 49.6 Å². The van der Waals surface area contributed by atoms with Crippen molar-refractivity contribution in [2.45, 2.75) is 18.0 Å². The maximum Gasteiger partial charge on any atom is 0.416 e. The summed E-state index contributed by atoms with van der Waals surface area (Å²) >= 11 is 0. The number of carbonyl (C=O) groups is 2. The fourth-order valence-electron chi connectivity index (χ4n) is 3.36. The number of benzene rings is 3. The first-order valence-corrected chi connectivity index (χ1v) is 12.2. The van der Waals surface area contributed by atoms with Crippen LogP contribution in [0, 0.1) is 0 Å². The highest BCUT2D eigenvalue weighted by molar-refractivity contribution is 7.89. The number of nitrogens with one attached hydrogen (secondary N) is 2. The Morgan fingerprint density at radius 1 is 1.00 bits per heavy atom. The molecule has 3 rings (SSSR count). The van der Waals surface area contributed by atoms with Gasteiger partial charge >= 0.3 is 12.3 Å². The SMILES string of the molecule is CCOC(=O)Nc1cc(C(=O)Nc2ccc(S(N)(=O)=O)c(OC)c2)ccc1-c1cccc(C(F)(F)F)c1. The predicted molar refractivity (Wildman–Crippen MR) is 130 cm³/mol. The van der Waals surface area contributed by atoms with Crippen LogP contribution in [0.4, 0.5) is 29.3 Å². The molecule has 0 radical (unpaired) electrons. The Morgan fingerprint density at radius 2 is 1.73 bits per heavy atom. The summed E-state index contributed by atoms with van der Waals surface area (Å²) in [5.41, 5.74) is -0.265. The maximum atomic E-state index is 13.2. The van der Waals surface area contributed by atoms with Crippen molar-refractivity contribution in [1.82, 2.24) is 0 Å².